The van der Waals surface area contributed by atoms with Crippen LogP contribution in [-0.4, -0.2) is 34.9 Å². The molecular formula is C22H23ClN2O3. The summed E-state index contributed by atoms with van der Waals surface area (Å²) in [6, 6.07) is 15.4. The molecule has 0 radical (unpaired) electrons. The van der Waals surface area contributed by atoms with Crippen molar-refractivity contribution in [3.8, 4) is 0 Å². The van der Waals surface area contributed by atoms with Crippen molar-refractivity contribution >= 4 is 28.5 Å². The highest BCUT2D eigenvalue weighted by atomic mass is 35.5. The van der Waals surface area contributed by atoms with Gasteiger partial charge in [-0.3, -0.25) is 0 Å². The lowest BCUT2D eigenvalue weighted by Crippen LogP contribution is -2.26. The van der Waals surface area contributed by atoms with Gasteiger partial charge in [-0.05, 0) is 36.6 Å². The first kappa shape index (κ1) is 19.0. The number of halogens is 1. The summed E-state index contributed by atoms with van der Waals surface area (Å²) in [6.07, 6.45) is 2.36. The standard InChI is InChI=1S/C22H23ClN2O3/c23-16-6-3-5-15(11-16)14-25-20-9-2-1-8-18(20)19(21(25)22(26)27)13-24-12-17-7-4-10-28-17/h1-3,5-6,8-9,11,17,24H,4,7,10,12-14H2,(H,26,27). The minimum atomic E-state index is -0.924. The van der Waals surface area contributed by atoms with Crippen LogP contribution in [0.15, 0.2) is 48.5 Å². The molecule has 5 nitrogen and oxygen atoms in total. The summed E-state index contributed by atoms with van der Waals surface area (Å²) >= 11 is 6.12. The van der Waals surface area contributed by atoms with E-state index in [1.165, 1.54) is 0 Å². The van der Waals surface area contributed by atoms with Crippen LogP contribution < -0.4 is 5.32 Å². The van der Waals surface area contributed by atoms with E-state index in [4.69, 9.17) is 16.3 Å². The Hall–Kier alpha value is -2.34. The van der Waals surface area contributed by atoms with Crippen molar-refractivity contribution in [2.75, 3.05) is 13.2 Å². The highest BCUT2D eigenvalue weighted by Gasteiger charge is 2.23. The van der Waals surface area contributed by atoms with Crippen molar-refractivity contribution in [2.45, 2.75) is 32.0 Å². The van der Waals surface area contributed by atoms with Crippen LogP contribution in [0, 0.1) is 0 Å². The zero-order chi connectivity index (χ0) is 19.5. The van der Waals surface area contributed by atoms with E-state index in [0.717, 1.165) is 48.0 Å². The number of hydrogen-bond acceptors (Lipinski definition) is 3. The van der Waals surface area contributed by atoms with Gasteiger partial charge in [0.2, 0.25) is 0 Å². The number of carboxylic acid groups (broad SMARTS) is 1. The van der Waals surface area contributed by atoms with Crippen molar-refractivity contribution < 1.29 is 14.6 Å². The predicted molar refractivity (Wildman–Crippen MR) is 110 cm³/mol. The Morgan fingerprint density at radius 2 is 2.11 bits per heavy atom. The number of carboxylic acids is 1. The summed E-state index contributed by atoms with van der Waals surface area (Å²) in [5.74, 6) is -0.924. The van der Waals surface area contributed by atoms with E-state index in [1.807, 2.05) is 53.1 Å². The normalized spacial score (nSPS) is 16.7. The fourth-order valence-electron chi connectivity index (χ4n) is 3.94. The molecule has 1 saturated heterocycles. The molecule has 0 saturated carbocycles. The van der Waals surface area contributed by atoms with Gasteiger partial charge in [-0.1, -0.05) is 41.9 Å². The average Bonchev–Trinajstić information content (AvgIpc) is 3.29. The Kier molecular flexibility index (Phi) is 5.67. The Morgan fingerprint density at radius 3 is 2.86 bits per heavy atom. The molecule has 1 unspecified atom stereocenters. The lowest BCUT2D eigenvalue weighted by atomic mass is 10.1. The number of rotatable bonds is 7. The maximum absolute atomic E-state index is 12.2. The number of aromatic nitrogens is 1. The molecule has 2 aromatic carbocycles. The quantitative estimate of drug-likeness (QED) is 0.622. The number of aromatic carboxylic acids is 1. The van der Waals surface area contributed by atoms with E-state index in [1.54, 1.807) is 0 Å². The molecule has 3 aromatic rings. The summed E-state index contributed by atoms with van der Waals surface area (Å²) in [5, 5.41) is 15.0. The molecule has 6 heteroatoms. The van der Waals surface area contributed by atoms with E-state index >= 15 is 0 Å². The van der Waals surface area contributed by atoms with Crippen LogP contribution >= 0.6 is 11.6 Å². The second-order valence-electron chi connectivity index (χ2n) is 7.13. The van der Waals surface area contributed by atoms with Gasteiger partial charge < -0.3 is 19.7 Å². The van der Waals surface area contributed by atoms with Crippen molar-refractivity contribution in [2.24, 2.45) is 0 Å². The number of para-hydroxylation sites is 1. The number of fused-ring (bicyclic) bond motifs is 1. The SMILES string of the molecule is O=C(O)c1c(CNCC2CCCO2)c2ccccc2n1Cc1cccc(Cl)c1. The Bertz CT molecular complexity index is 993. The molecule has 0 bridgehead atoms. The summed E-state index contributed by atoms with van der Waals surface area (Å²) in [4.78, 5) is 12.2. The van der Waals surface area contributed by atoms with E-state index in [0.29, 0.717) is 23.8 Å². The van der Waals surface area contributed by atoms with Gasteiger partial charge in [-0.25, -0.2) is 4.79 Å². The molecule has 1 aromatic heterocycles. The molecule has 28 heavy (non-hydrogen) atoms. The zero-order valence-electron chi connectivity index (χ0n) is 15.5. The number of nitrogens with one attached hydrogen (secondary N) is 1. The van der Waals surface area contributed by atoms with Crippen LogP contribution in [0.5, 0.6) is 0 Å². The van der Waals surface area contributed by atoms with Crippen molar-refractivity contribution in [1.82, 2.24) is 9.88 Å². The highest BCUT2D eigenvalue weighted by Crippen LogP contribution is 2.28. The van der Waals surface area contributed by atoms with Crippen LogP contribution in [0.4, 0.5) is 0 Å². The molecule has 1 aliphatic rings. The van der Waals surface area contributed by atoms with Crippen LogP contribution in [-0.2, 0) is 17.8 Å². The average molecular weight is 399 g/mol. The molecule has 146 valence electrons. The Morgan fingerprint density at radius 1 is 1.25 bits per heavy atom. The second kappa shape index (κ2) is 8.35. The molecule has 1 aliphatic heterocycles. The van der Waals surface area contributed by atoms with Crippen molar-refractivity contribution in [1.29, 1.82) is 0 Å². The lowest BCUT2D eigenvalue weighted by molar-refractivity contribution is 0.0684. The first-order chi connectivity index (χ1) is 13.6. The molecule has 0 aliphatic carbocycles. The summed E-state index contributed by atoms with van der Waals surface area (Å²) in [7, 11) is 0. The topological polar surface area (TPSA) is 63.5 Å². The smallest absolute Gasteiger partial charge is 0.352 e. The molecule has 0 amide bonds. The van der Waals surface area contributed by atoms with Crippen LogP contribution in [0.1, 0.15) is 34.5 Å². The third-order valence-corrected chi connectivity index (χ3v) is 5.44. The van der Waals surface area contributed by atoms with Gasteiger partial charge in [-0.15, -0.1) is 0 Å². The Balaban J connectivity index is 1.69. The minimum Gasteiger partial charge on any atom is -0.477 e. The minimum absolute atomic E-state index is 0.216. The van der Waals surface area contributed by atoms with E-state index in [2.05, 4.69) is 5.32 Å². The van der Waals surface area contributed by atoms with Gasteiger partial charge in [0.1, 0.15) is 5.69 Å². The predicted octanol–water partition coefficient (Wildman–Crippen LogP) is 4.31. The summed E-state index contributed by atoms with van der Waals surface area (Å²) < 4.78 is 7.52. The van der Waals surface area contributed by atoms with Gasteiger partial charge >= 0.3 is 5.97 Å². The van der Waals surface area contributed by atoms with E-state index < -0.39 is 5.97 Å². The first-order valence-electron chi connectivity index (χ1n) is 9.53. The van der Waals surface area contributed by atoms with Gasteiger partial charge in [0.15, 0.2) is 0 Å². The van der Waals surface area contributed by atoms with Crippen LogP contribution in [0.3, 0.4) is 0 Å². The number of nitrogens with zero attached hydrogens (tertiary/aromatic N) is 1. The largest absolute Gasteiger partial charge is 0.477 e. The van der Waals surface area contributed by atoms with Crippen molar-refractivity contribution in [3.63, 3.8) is 0 Å². The molecule has 2 heterocycles. The van der Waals surface area contributed by atoms with Crippen LogP contribution in [0.2, 0.25) is 5.02 Å². The van der Waals surface area contributed by atoms with Crippen molar-refractivity contribution in [3.05, 3.63) is 70.4 Å². The van der Waals surface area contributed by atoms with Gasteiger partial charge in [-0.2, -0.15) is 0 Å². The Labute approximate surface area is 168 Å². The maximum Gasteiger partial charge on any atom is 0.352 e. The van der Waals surface area contributed by atoms with E-state index in [-0.39, 0.29) is 6.10 Å². The van der Waals surface area contributed by atoms with E-state index in [9.17, 15) is 9.90 Å². The fraction of sp³-hybridized carbons (Fsp3) is 0.318. The molecule has 0 spiro atoms. The van der Waals surface area contributed by atoms with Gasteiger partial charge in [0, 0.05) is 47.7 Å². The number of benzene rings is 2. The van der Waals surface area contributed by atoms with Gasteiger partial charge in [0.25, 0.3) is 0 Å². The molecule has 4 rings (SSSR count). The summed E-state index contributed by atoms with van der Waals surface area (Å²) in [5.41, 5.74) is 3.01. The highest BCUT2D eigenvalue weighted by molar-refractivity contribution is 6.30. The number of carbonyl (C=O) groups is 1. The summed E-state index contributed by atoms with van der Waals surface area (Å²) in [6.45, 7) is 2.48. The van der Waals surface area contributed by atoms with Gasteiger partial charge in [0.05, 0.1) is 6.10 Å². The van der Waals surface area contributed by atoms with Crippen LogP contribution in [0.25, 0.3) is 10.9 Å². The molecule has 1 fully saturated rings. The second-order valence-corrected chi connectivity index (χ2v) is 7.57. The first-order valence-corrected chi connectivity index (χ1v) is 9.91. The maximum atomic E-state index is 12.2. The third kappa shape index (κ3) is 3.92. The third-order valence-electron chi connectivity index (χ3n) is 5.21. The number of ether oxygens (including phenoxy) is 1. The molecular weight excluding hydrogens is 376 g/mol. The lowest BCUT2D eigenvalue weighted by Gasteiger charge is -2.12. The monoisotopic (exact) mass is 398 g/mol. The molecule has 2 N–H and O–H groups in total. The zero-order valence-corrected chi connectivity index (χ0v) is 16.3. The fourth-order valence-corrected chi connectivity index (χ4v) is 4.16. The number of hydrogen-bond donors (Lipinski definition) is 2. The molecule has 1 atom stereocenters.